The van der Waals surface area contributed by atoms with E-state index < -0.39 is 42.3 Å². The molecule has 0 unspecified atom stereocenters. The summed E-state index contributed by atoms with van der Waals surface area (Å²) in [5, 5.41) is 0.566. The monoisotopic (exact) mass is 285 g/mol. The van der Waals surface area contributed by atoms with Gasteiger partial charge in [-0.25, -0.2) is 0 Å². The maximum Gasteiger partial charge on any atom is 0.0644 e. The van der Waals surface area contributed by atoms with E-state index in [1.807, 2.05) is 0 Å². The number of fused-ring (bicyclic) bond motifs is 3. The van der Waals surface area contributed by atoms with Crippen LogP contribution in [0, 0.1) is 6.92 Å². The van der Waals surface area contributed by atoms with E-state index in [1.54, 1.807) is 6.92 Å². The van der Waals surface area contributed by atoms with Crippen LogP contribution < -0.4 is 0 Å². The second kappa shape index (κ2) is 4.46. The van der Waals surface area contributed by atoms with Crippen molar-refractivity contribution in [3.05, 3.63) is 72.0 Å². The Morgan fingerprint density at radius 1 is 0.800 bits per heavy atom. The Hall–Kier alpha value is -2.12. The predicted octanol–water partition coefficient (Wildman–Crippen LogP) is 6.03. The summed E-state index contributed by atoms with van der Waals surface area (Å²) in [5.74, 6) is 0. The van der Waals surface area contributed by atoms with Crippen LogP contribution in [0.15, 0.2) is 66.5 Å². The summed E-state index contributed by atoms with van der Waals surface area (Å²) in [4.78, 5) is 0. The summed E-state index contributed by atoms with van der Waals surface area (Å²) in [6.07, 6.45) is 0. The van der Waals surface area contributed by atoms with Crippen molar-refractivity contribution in [2.75, 3.05) is 0 Å². The molecule has 4 rings (SSSR count). The van der Waals surface area contributed by atoms with E-state index in [1.165, 1.54) is 0 Å². The van der Waals surface area contributed by atoms with Crippen LogP contribution in [0.1, 0.15) is 20.6 Å². The van der Waals surface area contributed by atoms with Gasteiger partial charge in [0, 0.05) is 20.2 Å². The first-order valence-corrected chi connectivity index (χ1v) is 6.72. The largest absolute Gasteiger partial charge is 0.135 e. The fourth-order valence-corrected chi connectivity index (χ4v) is 3.23. The SMILES string of the molecule is [2H]c1c([2H])c([2H])c(-c2c([2H])c(C)c3c(sc4c([2H])c([2H])c([2H])c([2H])c43)c2[2H])c([2H])c1[2H]. The molecule has 0 amide bonds. The Kier molecular flexibility index (Phi) is 1.12. The molecule has 20 heavy (non-hydrogen) atoms. The van der Waals surface area contributed by atoms with Gasteiger partial charge >= 0.3 is 0 Å². The fraction of sp³-hybridized carbons (Fsp3) is 0.0526. The third-order valence-corrected chi connectivity index (χ3v) is 4.03. The minimum Gasteiger partial charge on any atom is -0.135 e. The van der Waals surface area contributed by atoms with Gasteiger partial charge in [0.05, 0.1) is 15.1 Å². The molecule has 0 fully saturated rings. The minimum atomic E-state index is -0.569. The van der Waals surface area contributed by atoms with Crippen molar-refractivity contribution >= 4 is 31.5 Å². The lowest BCUT2D eigenvalue weighted by Gasteiger charge is -2.05. The zero-order chi connectivity index (χ0) is 23.1. The molecule has 0 aliphatic carbocycles. The van der Waals surface area contributed by atoms with Crippen LogP contribution >= 0.6 is 11.3 Å². The highest BCUT2D eigenvalue weighted by atomic mass is 32.1. The Labute approximate surface area is 137 Å². The topological polar surface area (TPSA) is 0 Å². The van der Waals surface area contributed by atoms with Crippen molar-refractivity contribution in [1.82, 2.24) is 0 Å². The van der Waals surface area contributed by atoms with Gasteiger partial charge in [0.15, 0.2) is 0 Å². The van der Waals surface area contributed by atoms with Crippen LogP contribution in [0.3, 0.4) is 0 Å². The molecule has 4 aromatic rings. The normalized spacial score (nSPS) is 18.9. The van der Waals surface area contributed by atoms with Gasteiger partial charge in [-0.2, -0.15) is 0 Å². The Morgan fingerprint density at radius 3 is 2.40 bits per heavy atom. The zero-order valence-electron chi connectivity index (χ0n) is 21.4. The van der Waals surface area contributed by atoms with Crippen LogP contribution in [0.2, 0.25) is 0 Å². The minimum absolute atomic E-state index is 0.121. The second-order valence-corrected chi connectivity index (χ2v) is 5.28. The van der Waals surface area contributed by atoms with Crippen molar-refractivity contribution in [1.29, 1.82) is 0 Å². The van der Waals surface area contributed by atoms with Gasteiger partial charge in [-0.15, -0.1) is 11.3 Å². The number of hydrogen-bond acceptors (Lipinski definition) is 1. The number of rotatable bonds is 1. The van der Waals surface area contributed by atoms with E-state index in [2.05, 4.69) is 0 Å². The molecule has 0 saturated heterocycles. The molecule has 96 valence electrons. The van der Waals surface area contributed by atoms with E-state index in [4.69, 9.17) is 15.1 Å². The number of aryl methyl sites for hydroxylation is 1. The number of thiophene rings is 1. The molecule has 1 aromatic heterocycles. The summed E-state index contributed by atoms with van der Waals surface area (Å²) in [6, 6.07) is -4.52. The molecule has 3 aromatic carbocycles. The summed E-state index contributed by atoms with van der Waals surface area (Å²) in [7, 11) is 0. The van der Waals surface area contributed by atoms with Gasteiger partial charge < -0.3 is 0 Å². The lowest BCUT2D eigenvalue weighted by molar-refractivity contribution is 1.54. The Bertz CT molecular complexity index is 1420. The number of benzene rings is 3. The van der Waals surface area contributed by atoms with E-state index in [-0.39, 0.29) is 50.1 Å². The lowest BCUT2D eigenvalue weighted by Crippen LogP contribution is -1.80. The summed E-state index contributed by atoms with van der Waals surface area (Å²) in [6.45, 7) is 1.57. The quantitative estimate of drug-likeness (QED) is 0.400. The van der Waals surface area contributed by atoms with Gasteiger partial charge in [-0.3, -0.25) is 0 Å². The van der Waals surface area contributed by atoms with Gasteiger partial charge in [-0.05, 0) is 35.7 Å². The van der Waals surface area contributed by atoms with Gasteiger partial charge in [0.2, 0.25) is 0 Å². The summed E-state index contributed by atoms with van der Waals surface area (Å²) < 4.78 is 90.3. The molecule has 0 atom stereocenters. The summed E-state index contributed by atoms with van der Waals surface area (Å²) in [5.41, 5.74) is -0.0593. The first-order chi connectivity index (χ1) is 14.4. The molecular weight excluding hydrogens is 260 g/mol. The maximum absolute atomic E-state index is 8.72. The highest BCUT2D eigenvalue weighted by molar-refractivity contribution is 7.25. The van der Waals surface area contributed by atoms with Crippen molar-refractivity contribution in [2.24, 2.45) is 0 Å². The third-order valence-electron chi connectivity index (χ3n) is 3.01. The average Bonchev–Trinajstić information content (AvgIpc) is 3.15. The van der Waals surface area contributed by atoms with Crippen LogP contribution in [0.25, 0.3) is 31.3 Å². The van der Waals surface area contributed by atoms with Gasteiger partial charge in [0.1, 0.15) is 0 Å². The third kappa shape index (κ3) is 1.75. The fourth-order valence-electron chi connectivity index (χ4n) is 2.16. The van der Waals surface area contributed by atoms with E-state index in [9.17, 15) is 0 Å². The van der Waals surface area contributed by atoms with Gasteiger partial charge in [-0.1, -0.05) is 54.4 Å². The average molecular weight is 285 g/mol. The molecule has 1 heteroatoms. The van der Waals surface area contributed by atoms with Crippen LogP contribution in [-0.4, -0.2) is 0 Å². The van der Waals surface area contributed by atoms with Crippen molar-refractivity contribution in [2.45, 2.75) is 6.92 Å². The van der Waals surface area contributed by atoms with Crippen LogP contribution in [0.5, 0.6) is 0 Å². The highest BCUT2D eigenvalue weighted by Crippen LogP contribution is 2.38. The van der Waals surface area contributed by atoms with Crippen molar-refractivity contribution in [3.63, 3.8) is 0 Å². The Morgan fingerprint density at radius 2 is 1.55 bits per heavy atom. The number of hydrogen-bond donors (Lipinski definition) is 0. The Balaban J connectivity index is 2.27. The molecular formula is C19H14S. The van der Waals surface area contributed by atoms with Crippen molar-refractivity contribution in [3.8, 4) is 11.1 Å². The van der Waals surface area contributed by atoms with E-state index in [0.717, 1.165) is 11.3 Å². The van der Waals surface area contributed by atoms with Crippen LogP contribution in [0.4, 0.5) is 0 Å². The lowest BCUT2D eigenvalue weighted by atomic mass is 10.00. The molecule has 0 spiro atoms. The molecule has 0 aliphatic heterocycles. The standard InChI is InChI=1S/C19H14S/c1-13-11-15(14-7-3-2-4-8-14)12-18-19(13)16-9-5-6-10-17(16)20-18/h2-12H,1H3/i2D,3D,4D,5D,6D,7D,8D,9D,10D,11D,12D. The van der Waals surface area contributed by atoms with Crippen molar-refractivity contribution < 1.29 is 15.1 Å². The summed E-state index contributed by atoms with van der Waals surface area (Å²) >= 11 is 0.972. The molecule has 0 radical (unpaired) electrons. The maximum atomic E-state index is 8.72. The molecule has 0 bridgehead atoms. The first-order valence-electron chi connectivity index (χ1n) is 11.4. The predicted molar refractivity (Wildman–Crippen MR) is 89.5 cm³/mol. The van der Waals surface area contributed by atoms with E-state index in [0.29, 0.717) is 10.9 Å². The molecule has 1 heterocycles. The highest BCUT2D eigenvalue weighted by Gasteiger charge is 2.09. The first kappa shape index (κ1) is 5.01. The molecule has 0 saturated carbocycles. The van der Waals surface area contributed by atoms with E-state index >= 15 is 0 Å². The zero-order valence-corrected chi connectivity index (χ0v) is 11.2. The molecule has 0 aliphatic rings. The van der Waals surface area contributed by atoms with Gasteiger partial charge in [0.25, 0.3) is 0 Å². The smallest absolute Gasteiger partial charge is 0.0644 e. The molecule has 0 nitrogen and oxygen atoms in total. The van der Waals surface area contributed by atoms with Crippen LogP contribution in [-0.2, 0) is 0 Å². The molecule has 0 N–H and O–H groups in total. The second-order valence-electron chi connectivity index (χ2n) is 4.26.